The number of aromatic hydroxyl groups is 1. The Morgan fingerprint density at radius 2 is 1.72 bits per heavy atom. The summed E-state index contributed by atoms with van der Waals surface area (Å²) in [5, 5.41) is 9.16. The van der Waals surface area contributed by atoms with Gasteiger partial charge in [0.1, 0.15) is 0 Å². The molecule has 1 aliphatic rings. The fourth-order valence-corrected chi connectivity index (χ4v) is 2.32. The van der Waals surface area contributed by atoms with E-state index >= 15 is 0 Å². The lowest BCUT2D eigenvalue weighted by Crippen LogP contribution is -1.91. The zero-order chi connectivity index (χ0) is 12.7. The van der Waals surface area contributed by atoms with Crippen LogP contribution >= 0.6 is 0 Å². The molecule has 1 aliphatic carbocycles. The highest BCUT2D eigenvalue weighted by molar-refractivity contribution is 6.00. The van der Waals surface area contributed by atoms with Gasteiger partial charge in [0.25, 0.3) is 0 Å². The average Bonchev–Trinajstić information content (AvgIpc) is 2.74. The van der Waals surface area contributed by atoms with Crippen molar-refractivity contribution in [2.45, 2.75) is 12.8 Å². The fourth-order valence-electron chi connectivity index (χ4n) is 2.32. The Hall–Kier alpha value is -2.16. The van der Waals surface area contributed by atoms with Gasteiger partial charge >= 0.3 is 0 Å². The molecule has 0 bridgehead atoms. The number of benzene rings is 2. The van der Waals surface area contributed by atoms with Crippen LogP contribution in [-0.4, -0.2) is 10.9 Å². The van der Waals surface area contributed by atoms with Crippen molar-refractivity contribution in [3.63, 3.8) is 0 Å². The Morgan fingerprint density at radius 3 is 2.50 bits per heavy atom. The smallest absolute Gasteiger partial charge is 0.165 e. The summed E-state index contributed by atoms with van der Waals surface area (Å²) in [4.78, 5) is 11.5. The third-order valence-electron chi connectivity index (χ3n) is 3.31. The average molecular weight is 242 g/mol. The van der Waals surface area contributed by atoms with Crippen LogP contribution in [-0.2, 0) is 6.42 Å². The first-order valence-corrected chi connectivity index (χ1v) is 5.80. The third-order valence-corrected chi connectivity index (χ3v) is 3.31. The third kappa shape index (κ3) is 1.68. The van der Waals surface area contributed by atoms with Crippen molar-refractivity contribution in [1.82, 2.24) is 0 Å². The van der Waals surface area contributed by atoms with Crippen molar-refractivity contribution in [1.29, 1.82) is 0 Å². The van der Waals surface area contributed by atoms with E-state index in [1.165, 1.54) is 12.1 Å². The van der Waals surface area contributed by atoms with Crippen molar-refractivity contribution in [2.75, 3.05) is 0 Å². The van der Waals surface area contributed by atoms with E-state index in [2.05, 4.69) is 0 Å². The number of carbonyl (C=O) groups excluding carboxylic acids is 1. The van der Waals surface area contributed by atoms with Gasteiger partial charge in [-0.25, -0.2) is 4.39 Å². The maximum Gasteiger partial charge on any atom is 0.165 e. The lowest BCUT2D eigenvalue weighted by Gasteiger charge is -2.05. The molecule has 90 valence electrons. The molecule has 0 saturated carbocycles. The van der Waals surface area contributed by atoms with Gasteiger partial charge in [0, 0.05) is 12.0 Å². The van der Waals surface area contributed by atoms with Gasteiger partial charge < -0.3 is 5.11 Å². The molecule has 0 heterocycles. The van der Waals surface area contributed by atoms with Crippen LogP contribution in [0.1, 0.15) is 22.3 Å². The molecule has 0 aromatic heterocycles. The molecule has 2 nitrogen and oxygen atoms in total. The minimum absolute atomic E-state index is 0.174. The van der Waals surface area contributed by atoms with Crippen LogP contribution in [0.25, 0.3) is 11.1 Å². The number of phenolic OH excluding ortho intramolecular Hbond substituents is 1. The highest BCUT2D eigenvalue weighted by Crippen LogP contribution is 2.29. The summed E-state index contributed by atoms with van der Waals surface area (Å²) >= 11 is 0. The molecule has 3 rings (SSSR count). The summed E-state index contributed by atoms with van der Waals surface area (Å²) in [5.41, 5.74) is 3.36. The molecule has 0 fully saturated rings. The molecule has 1 N–H and O–H groups in total. The van der Waals surface area contributed by atoms with E-state index in [1.807, 2.05) is 12.1 Å². The molecule has 0 saturated heterocycles. The van der Waals surface area contributed by atoms with E-state index in [9.17, 15) is 9.18 Å². The Balaban J connectivity index is 2.07. The van der Waals surface area contributed by atoms with Crippen molar-refractivity contribution >= 4 is 5.78 Å². The fraction of sp³-hybridized carbons (Fsp3) is 0.133. The molecular weight excluding hydrogens is 231 g/mol. The lowest BCUT2D eigenvalue weighted by molar-refractivity contribution is 0.0994. The number of fused-ring (bicyclic) bond motifs is 1. The molecular formula is C15H11FO2. The SMILES string of the molecule is O=C1CCc2cc(-c3ccc(O)c(F)c3)ccc21. The van der Waals surface area contributed by atoms with E-state index in [0.29, 0.717) is 12.0 Å². The predicted molar refractivity (Wildman–Crippen MR) is 66.2 cm³/mol. The summed E-state index contributed by atoms with van der Waals surface area (Å²) in [6.07, 6.45) is 1.31. The maximum atomic E-state index is 13.3. The number of carbonyl (C=O) groups is 1. The van der Waals surface area contributed by atoms with E-state index in [1.54, 1.807) is 12.1 Å². The predicted octanol–water partition coefficient (Wildman–Crippen LogP) is 3.33. The number of hydrogen-bond acceptors (Lipinski definition) is 2. The highest BCUT2D eigenvalue weighted by Gasteiger charge is 2.19. The first-order valence-electron chi connectivity index (χ1n) is 5.80. The molecule has 0 atom stereocenters. The van der Waals surface area contributed by atoms with Gasteiger partial charge in [0.2, 0.25) is 0 Å². The molecule has 0 spiro atoms. The van der Waals surface area contributed by atoms with Crippen LogP contribution in [0.3, 0.4) is 0 Å². The molecule has 0 amide bonds. The van der Waals surface area contributed by atoms with Gasteiger partial charge in [-0.2, -0.15) is 0 Å². The zero-order valence-corrected chi connectivity index (χ0v) is 9.61. The summed E-state index contributed by atoms with van der Waals surface area (Å²) in [6.45, 7) is 0. The maximum absolute atomic E-state index is 13.3. The van der Waals surface area contributed by atoms with E-state index in [0.717, 1.165) is 23.1 Å². The molecule has 18 heavy (non-hydrogen) atoms. The quantitative estimate of drug-likeness (QED) is 0.832. The number of aryl methyl sites for hydroxylation is 1. The molecule has 0 radical (unpaired) electrons. The number of Topliss-reactive ketones (excluding diaryl/α,β-unsaturated/α-hetero) is 1. The van der Waals surface area contributed by atoms with Crippen LogP contribution in [0.4, 0.5) is 4.39 Å². The molecule has 3 heteroatoms. The van der Waals surface area contributed by atoms with E-state index < -0.39 is 5.82 Å². The minimum Gasteiger partial charge on any atom is -0.505 e. The van der Waals surface area contributed by atoms with Crippen LogP contribution in [0, 0.1) is 5.82 Å². The van der Waals surface area contributed by atoms with Gasteiger partial charge in [0.15, 0.2) is 17.3 Å². The first-order chi connectivity index (χ1) is 8.65. The minimum atomic E-state index is -0.635. The van der Waals surface area contributed by atoms with Crippen LogP contribution in [0.15, 0.2) is 36.4 Å². The van der Waals surface area contributed by atoms with Gasteiger partial charge in [-0.1, -0.05) is 24.3 Å². The van der Waals surface area contributed by atoms with Gasteiger partial charge in [-0.05, 0) is 35.2 Å². The number of phenols is 1. The van der Waals surface area contributed by atoms with Gasteiger partial charge in [-0.15, -0.1) is 0 Å². The molecule has 2 aromatic rings. The monoisotopic (exact) mass is 242 g/mol. The number of hydrogen-bond donors (Lipinski definition) is 1. The normalized spacial score (nSPS) is 13.7. The number of rotatable bonds is 1. The van der Waals surface area contributed by atoms with Crippen LogP contribution in [0.5, 0.6) is 5.75 Å². The number of halogens is 1. The summed E-state index contributed by atoms with van der Waals surface area (Å²) in [7, 11) is 0. The molecule has 2 aromatic carbocycles. The van der Waals surface area contributed by atoms with Gasteiger partial charge in [0.05, 0.1) is 0 Å². The second-order valence-corrected chi connectivity index (χ2v) is 4.46. The topological polar surface area (TPSA) is 37.3 Å². The molecule has 0 unspecified atom stereocenters. The Labute approximate surface area is 104 Å². The van der Waals surface area contributed by atoms with Crippen molar-refractivity contribution in [3.05, 3.63) is 53.3 Å². The summed E-state index contributed by atoms with van der Waals surface area (Å²) in [5.74, 6) is -0.812. The van der Waals surface area contributed by atoms with E-state index in [4.69, 9.17) is 5.11 Å². The van der Waals surface area contributed by atoms with Gasteiger partial charge in [-0.3, -0.25) is 4.79 Å². The Morgan fingerprint density at radius 1 is 1.00 bits per heavy atom. The highest BCUT2D eigenvalue weighted by atomic mass is 19.1. The van der Waals surface area contributed by atoms with Crippen molar-refractivity contribution in [2.24, 2.45) is 0 Å². The van der Waals surface area contributed by atoms with Crippen LogP contribution < -0.4 is 0 Å². The van der Waals surface area contributed by atoms with Crippen LogP contribution in [0.2, 0.25) is 0 Å². The van der Waals surface area contributed by atoms with E-state index in [-0.39, 0.29) is 11.5 Å². The summed E-state index contributed by atoms with van der Waals surface area (Å²) in [6, 6.07) is 9.83. The number of ketones is 1. The van der Waals surface area contributed by atoms with Crippen molar-refractivity contribution in [3.8, 4) is 16.9 Å². The second-order valence-electron chi connectivity index (χ2n) is 4.46. The zero-order valence-electron chi connectivity index (χ0n) is 9.61. The second kappa shape index (κ2) is 3.95. The molecule has 0 aliphatic heterocycles. The summed E-state index contributed by atoms with van der Waals surface area (Å²) < 4.78 is 13.3. The van der Waals surface area contributed by atoms with Crippen molar-refractivity contribution < 1.29 is 14.3 Å². The largest absolute Gasteiger partial charge is 0.505 e. The first kappa shape index (κ1) is 11.0. The standard InChI is InChI=1S/C15H11FO2/c16-13-8-10(2-6-15(13)18)9-1-4-12-11(7-9)3-5-14(12)17/h1-2,4,6-8,18H,3,5H2. The lowest BCUT2D eigenvalue weighted by atomic mass is 10.0. The Kier molecular flexibility index (Phi) is 2.40. The Bertz CT molecular complexity index is 647.